The average molecular weight is 434 g/mol. The number of pyridine rings is 1. The molecule has 2 aromatic carbocycles. The van der Waals surface area contributed by atoms with Crippen molar-refractivity contribution in [2.24, 2.45) is 0 Å². The lowest BCUT2D eigenvalue weighted by molar-refractivity contribution is 0.103. The van der Waals surface area contributed by atoms with Gasteiger partial charge in [-0.15, -0.1) is 0 Å². The van der Waals surface area contributed by atoms with Crippen LogP contribution in [0, 0.1) is 31.0 Å². The Morgan fingerprint density at radius 1 is 1.16 bits per heavy atom. The van der Waals surface area contributed by atoms with Gasteiger partial charge in [-0.2, -0.15) is 5.26 Å². The van der Waals surface area contributed by atoms with E-state index in [1.807, 2.05) is 38.1 Å². The van der Waals surface area contributed by atoms with E-state index in [1.54, 1.807) is 0 Å². The molecule has 0 amide bonds. The van der Waals surface area contributed by atoms with E-state index in [0.717, 1.165) is 22.8 Å². The van der Waals surface area contributed by atoms with Crippen LogP contribution in [0.5, 0.6) is 5.75 Å². The number of benzene rings is 2. The van der Waals surface area contributed by atoms with E-state index in [-0.39, 0.29) is 42.2 Å². The Bertz CT molecular complexity index is 1260. The minimum Gasteiger partial charge on any atom is -0.488 e. The van der Waals surface area contributed by atoms with Gasteiger partial charge in [0, 0.05) is 25.4 Å². The highest BCUT2D eigenvalue weighted by Crippen LogP contribution is 2.25. The highest BCUT2D eigenvalue weighted by Gasteiger charge is 2.19. The lowest BCUT2D eigenvalue weighted by Crippen LogP contribution is -2.25. The zero-order valence-corrected chi connectivity index (χ0v) is 18.1. The molecule has 6 nitrogen and oxygen atoms in total. The first kappa shape index (κ1) is 22.9. The molecule has 3 aromatic rings. The molecular formula is C25H23FN2O4. The van der Waals surface area contributed by atoms with Crippen molar-refractivity contribution >= 4 is 5.78 Å². The second-order valence-electron chi connectivity index (χ2n) is 7.43. The van der Waals surface area contributed by atoms with Crippen molar-refractivity contribution in [1.82, 2.24) is 4.57 Å². The van der Waals surface area contributed by atoms with Gasteiger partial charge < -0.3 is 14.0 Å². The summed E-state index contributed by atoms with van der Waals surface area (Å²) >= 11 is 0. The molecule has 0 radical (unpaired) electrons. The third-order valence-electron chi connectivity index (χ3n) is 5.08. The molecule has 0 spiro atoms. The van der Waals surface area contributed by atoms with Crippen molar-refractivity contribution in [2.45, 2.75) is 27.0 Å². The number of ketones is 1. The van der Waals surface area contributed by atoms with Crippen molar-refractivity contribution in [3.05, 3.63) is 98.2 Å². The highest BCUT2D eigenvalue weighted by molar-refractivity contribution is 6.10. The predicted octanol–water partition coefficient (Wildman–Crippen LogP) is 3.93. The first-order chi connectivity index (χ1) is 15.3. The van der Waals surface area contributed by atoms with Crippen molar-refractivity contribution < 1.29 is 18.7 Å². The van der Waals surface area contributed by atoms with E-state index in [9.17, 15) is 19.2 Å². The quantitative estimate of drug-likeness (QED) is 0.502. The molecule has 1 heterocycles. The van der Waals surface area contributed by atoms with Crippen LogP contribution in [0.3, 0.4) is 0 Å². The van der Waals surface area contributed by atoms with Crippen LogP contribution in [0.1, 0.15) is 38.2 Å². The number of halogens is 1. The van der Waals surface area contributed by atoms with Gasteiger partial charge in [0.2, 0.25) is 0 Å². The summed E-state index contributed by atoms with van der Waals surface area (Å²) in [5.41, 5.74) is 2.46. The second kappa shape index (κ2) is 10.0. The topological polar surface area (TPSA) is 81.3 Å². The molecule has 0 atom stereocenters. The van der Waals surface area contributed by atoms with Gasteiger partial charge in [0.25, 0.3) is 5.56 Å². The number of hydrogen-bond donors (Lipinski definition) is 0. The molecule has 0 saturated carbocycles. The molecule has 0 fully saturated rings. The summed E-state index contributed by atoms with van der Waals surface area (Å²) in [7, 11) is 1.48. The van der Waals surface area contributed by atoms with E-state index in [1.165, 1.54) is 36.1 Å². The maximum Gasteiger partial charge on any atom is 0.268 e. The summed E-state index contributed by atoms with van der Waals surface area (Å²) in [5, 5.41) is 9.31. The standard InChI is InChI=1S/C25H23FN2O4/c1-16-4-5-17(2)20(10-16)15-32-23-7-6-21(26)12-22(23)24(29)19-11-18(13-27)25(30)28(14-19)8-9-31-3/h4-7,10-12,14H,8-9,15H2,1-3H3. The van der Waals surface area contributed by atoms with Gasteiger partial charge >= 0.3 is 0 Å². The predicted molar refractivity (Wildman–Crippen MR) is 117 cm³/mol. The van der Waals surface area contributed by atoms with Crippen LogP contribution in [0.2, 0.25) is 0 Å². The van der Waals surface area contributed by atoms with Gasteiger partial charge in [-0.25, -0.2) is 4.39 Å². The largest absolute Gasteiger partial charge is 0.488 e. The Hall–Kier alpha value is -3.76. The Balaban J connectivity index is 1.98. The second-order valence-corrected chi connectivity index (χ2v) is 7.43. The smallest absolute Gasteiger partial charge is 0.268 e. The van der Waals surface area contributed by atoms with Gasteiger partial charge in [0.05, 0.1) is 12.2 Å². The Labute approximate surface area is 185 Å². The number of hydrogen-bond acceptors (Lipinski definition) is 5. The molecule has 0 N–H and O–H groups in total. The van der Waals surface area contributed by atoms with Crippen LogP contribution in [-0.2, 0) is 17.9 Å². The van der Waals surface area contributed by atoms with Crippen LogP contribution < -0.4 is 10.3 Å². The Kier molecular flexibility index (Phi) is 7.18. The normalized spacial score (nSPS) is 10.6. The minimum atomic E-state index is -0.597. The number of aryl methyl sites for hydroxylation is 2. The summed E-state index contributed by atoms with van der Waals surface area (Å²) in [5.74, 6) is -0.936. The number of rotatable bonds is 8. The molecule has 7 heteroatoms. The number of ether oxygens (including phenoxy) is 2. The average Bonchev–Trinajstić information content (AvgIpc) is 2.79. The molecular weight excluding hydrogens is 411 g/mol. The fourth-order valence-electron chi connectivity index (χ4n) is 3.27. The number of nitriles is 1. The van der Waals surface area contributed by atoms with E-state index in [2.05, 4.69) is 0 Å². The summed E-state index contributed by atoms with van der Waals surface area (Å²) in [6.07, 6.45) is 1.35. The number of nitrogens with zero attached hydrogens (tertiary/aromatic N) is 2. The highest BCUT2D eigenvalue weighted by atomic mass is 19.1. The van der Waals surface area contributed by atoms with Gasteiger partial charge in [-0.05, 0) is 49.2 Å². The van der Waals surface area contributed by atoms with Gasteiger partial charge in [0.15, 0.2) is 5.78 Å². The van der Waals surface area contributed by atoms with Gasteiger partial charge in [-0.3, -0.25) is 9.59 Å². The number of carbonyl (C=O) groups excluding carboxylic acids is 1. The lowest BCUT2D eigenvalue weighted by Gasteiger charge is -2.14. The minimum absolute atomic E-state index is 0.0103. The zero-order valence-electron chi connectivity index (χ0n) is 18.1. The molecule has 32 heavy (non-hydrogen) atoms. The van der Waals surface area contributed by atoms with Crippen LogP contribution in [-0.4, -0.2) is 24.1 Å². The van der Waals surface area contributed by atoms with E-state index >= 15 is 0 Å². The molecule has 0 aliphatic rings. The molecule has 0 unspecified atom stereocenters. The fourth-order valence-corrected chi connectivity index (χ4v) is 3.27. The monoisotopic (exact) mass is 434 g/mol. The summed E-state index contributed by atoms with van der Waals surface area (Å²) < 4.78 is 26.1. The third kappa shape index (κ3) is 5.10. The van der Waals surface area contributed by atoms with Crippen LogP contribution in [0.4, 0.5) is 4.39 Å². The van der Waals surface area contributed by atoms with Crippen LogP contribution in [0.15, 0.2) is 53.5 Å². The maximum absolute atomic E-state index is 14.0. The number of methoxy groups -OCH3 is 1. The van der Waals surface area contributed by atoms with E-state index < -0.39 is 17.2 Å². The third-order valence-corrected chi connectivity index (χ3v) is 5.08. The molecule has 164 valence electrons. The van der Waals surface area contributed by atoms with Crippen molar-refractivity contribution in [3.8, 4) is 11.8 Å². The van der Waals surface area contributed by atoms with Gasteiger partial charge in [-0.1, -0.05) is 23.8 Å². The maximum atomic E-state index is 14.0. The summed E-state index contributed by atoms with van der Waals surface area (Å²) in [4.78, 5) is 25.6. The summed E-state index contributed by atoms with van der Waals surface area (Å²) in [6, 6.07) is 12.7. The van der Waals surface area contributed by atoms with Crippen LogP contribution in [0.25, 0.3) is 0 Å². The Morgan fingerprint density at radius 2 is 1.94 bits per heavy atom. The molecule has 0 saturated heterocycles. The molecule has 3 rings (SSSR count). The van der Waals surface area contributed by atoms with Crippen molar-refractivity contribution in [3.63, 3.8) is 0 Å². The molecule has 0 aliphatic heterocycles. The number of carbonyl (C=O) groups is 1. The fraction of sp³-hybridized carbons (Fsp3) is 0.240. The first-order valence-electron chi connectivity index (χ1n) is 10.0. The molecule has 0 bridgehead atoms. The number of aromatic nitrogens is 1. The first-order valence-corrected chi connectivity index (χ1v) is 10.0. The molecule has 1 aromatic heterocycles. The van der Waals surface area contributed by atoms with Crippen molar-refractivity contribution in [2.75, 3.05) is 13.7 Å². The zero-order chi connectivity index (χ0) is 23.3. The lowest BCUT2D eigenvalue weighted by atomic mass is 10.0. The SMILES string of the molecule is COCCn1cc(C(=O)c2cc(F)ccc2OCc2cc(C)ccc2C)cc(C#N)c1=O. The Morgan fingerprint density at radius 3 is 2.66 bits per heavy atom. The van der Waals surface area contributed by atoms with Crippen molar-refractivity contribution in [1.29, 1.82) is 5.26 Å². The van der Waals surface area contributed by atoms with E-state index in [4.69, 9.17) is 9.47 Å². The van der Waals surface area contributed by atoms with E-state index in [0.29, 0.717) is 0 Å². The van der Waals surface area contributed by atoms with Crippen LogP contribution >= 0.6 is 0 Å². The molecule has 0 aliphatic carbocycles. The summed E-state index contributed by atoms with van der Waals surface area (Å²) in [6.45, 7) is 4.54. The van der Waals surface area contributed by atoms with Gasteiger partial charge in [0.1, 0.15) is 29.8 Å².